The van der Waals surface area contributed by atoms with Gasteiger partial charge >= 0.3 is 5.69 Å². The first-order valence-electron chi connectivity index (χ1n) is 2.95. The van der Waals surface area contributed by atoms with Crippen molar-refractivity contribution < 1.29 is 9.76 Å². The Labute approximate surface area is 68.3 Å². The van der Waals surface area contributed by atoms with Gasteiger partial charge in [0.1, 0.15) is 0 Å². The number of nitrogens with zero attached hydrogens (tertiary/aromatic N) is 1. The van der Waals surface area contributed by atoms with E-state index in [2.05, 4.69) is 9.82 Å². The van der Waals surface area contributed by atoms with Gasteiger partial charge in [0.05, 0.1) is 4.91 Å². The highest BCUT2D eigenvalue weighted by Crippen LogP contribution is 2.09. The molecule has 0 saturated heterocycles. The SMILES string of the molecule is CO[N+](=O)c1ccc[nH]c1=S. The van der Waals surface area contributed by atoms with Crippen molar-refractivity contribution in [3.8, 4) is 0 Å². The highest BCUT2D eigenvalue weighted by atomic mass is 32.1. The predicted octanol–water partition coefficient (Wildman–Crippen LogP) is 1.72. The van der Waals surface area contributed by atoms with E-state index in [1.54, 1.807) is 18.3 Å². The molecule has 58 valence electrons. The number of aromatic nitrogens is 1. The van der Waals surface area contributed by atoms with Crippen molar-refractivity contribution in [2.45, 2.75) is 0 Å². The lowest BCUT2D eigenvalue weighted by Gasteiger charge is -1.86. The van der Waals surface area contributed by atoms with E-state index in [4.69, 9.17) is 12.2 Å². The van der Waals surface area contributed by atoms with Crippen LogP contribution in [0, 0.1) is 9.55 Å². The Morgan fingerprint density at radius 1 is 1.73 bits per heavy atom. The molecule has 11 heavy (non-hydrogen) atoms. The van der Waals surface area contributed by atoms with Crippen molar-refractivity contribution in [2.24, 2.45) is 0 Å². The minimum Gasteiger partial charge on any atom is -0.347 e. The average molecular weight is 171 g/mol. The lowest BCUT2D eigenvalue weighted by Crippen LogP contribution is -1.98. The molecule has 1 rings (SSSR count). The number of hydrogen-bond acceptors (Lipinski definition) is 3. The smallest absolute Gasteiger partial charge is 0.347 e. The minimum absolute atomic E-state index is 0.310. The largest absolute Gasteiger partial charge is 0.351 e. The van der Waals surface area contributed by atoms with Crippen LogP contribution in [0.2, 0.25) is 0 Å². The highest BCUT2D eigenvalue weighted by Gasteiger charge is 2.15. The third-order valence-corrected chi connectivity index (χ3v) is 1.49. The number of H-pyrrole nitrogens is 1. The first-order chi connectivity index (χ1) is 5.25. The number of hydrogen-bond donors (Lipinski definition) is 1. The Morgan fingerprint density at radius 3 is 3.00 bits per heavy atom. The summed E-state index contributed by atoms with van der Waals surface area (Å²) >= 11 is 4.82. The van der Waals surface area contributed by atoms with Gasteiger partial charge in [0.25, 0.3) is 4.92 Å². The van der Waals surface area contributed by atoms with Crippen LogP contribution in [0.3, 0.4) is 0 Å². The average Bonchev–Trinajstić information content (AvgIpc) is 2.04. The summed E-state index contributed by atoms with van der Waals surface area (Å²) in [6.45, 7) is 0. The normalized spacial score (nSPS) is 9.18. The van der Waals surface area contributed by atoms with Crippen LogP contribution in [0.1, 0.15) is 0 Å². The van der Waals surface area contributed by atoms with Crippen LogP contribution in [0.15, 0.2) is 18.3 Å². The Balaban J connectivity index is 3.14. The molecule has 0 radical (unpaired) electrons. The van der Waals surface area contributed by atoms with Gasteiger partial charge in [0.15, 0.2) is 11.8 Å². The summed E-state index contributed by atoms with van der Waals surface area (Å²) in [6.07, 6.45) is 1.65. The third-order valence-electron chi connectivity index (χ3n) is 1.16. The molecule has 0 spiro atoms. The quantitative estimate of drug-likeness (QED) is 0.544. The van der Waals surface area contributed by atoms with Crippen LogP contribution in [0.25, 0.3) is 0 Å². The summed E-state index contributed by atoms with van der Waals surface area (Å²) in [5.74, 6) is 0. The van der Waals surface area contributed by atoms with Crippen molar-refractivity contribution in [2.75, 3.05) is 7.11 Å². The van der Waals surface area contributed by atoms with Crippen LogP contribution >= 0.6 is 12.2 Å². The van der Waals surface area contributed by atoms with Gasteiger partial charge in [0, 0.05) is 12.3 Å². The summed E-state index contributed by atoms with van der Waals surface area (Å²) in [7, 11) is 1.29. The van der Waals surface area contributed by atoms with Gasteiger partial charge in [-0.1, -0.05) is 12.2 Å². The lowest BCUT2D eigenvalue weighted by molar-refractivity contribution is -0.737. The van der Waals surface area contributed by atoms with Gasteiger partial charge in [-0.05, 0) is 6.07 Å². The lowest BCUT2D eigenvalue weighted by atomic mass is 10.4. The van der Waals surface area contributed by atoms with E-state index in [9.17, 15) is 4.91 Å². The molecule has 0 aliphatic rings. The molecule has 0 aliphatic heterocycles. The maximum absolute atomic E-state index is 10.8. The zero-order valence-electron chi connectivity index (χ0n) is 5.90. The number of aromatic amines is 1. The van der Waals surface area contributed by atoms with E-state index >= 15 is 0 Å². The number of pyridine rings is 1. The van der Waals surface area contributed by atoms with E-state index in [1.807, 2.05) is 0 Å². The van der Waals surface area contributed by atoms with E-state index in [0.29, 0.717) is 15.3 Å². The summed E-state index contributed by atoms with van der Waals surface area (Å²) in [5.41, 5.74) is 0.310. The van der Waals surface area contributed by atoms with Gasteiger partial charge < -0.3 is 4.98 Å². The highest BCUT2D eigenvalue weighted by molar-refractivity contribution is 7.71. The molecule has 4 nitrogen and oxygen atoms in total. The van der Waals surface area contributed by atoms with E-state index in [0.717, 1.165) is 0 Å². The van der Waals surface area contributed by atoms with Crippen molar-refractivity contribution >= 4 is 17.9 Å². The molecule has 1 aromatic heterocycles. The summed E-state index contributed by atoms with van der Waals surface area (Å²) in [5, 5.41) is 0. The molecule has 0 amide bonds. The van der Waals surface area contributed by atoms with Crippen LogP contribution in [0.4, 0.5) is 5.69 Å². The van der Waals surface area contributed by atoms with Crippen LogP contribution < -0.4 is 0 Å². The molecule has 0 aromatic carbocycles. The van der Waals surface area contributed by atoms with Crippen LogP contribution in [0.5, 0.6) is 0 Å². The predicted molar refractivity (Wildman–Crippen MR) is 41.9 cm³/mol. The zero-order valence-corrected chi connectivity index (χ0v) is 6.72. The monoisotopic (exact) mass is 171 g/mol. The fourth-order valence-corrected chi connectivity index (χ4v) is 0.865. The molecule has 1 aromatic rings. The molecule has 0 fully saturated rings. The minimum atomic E-state index is 0.310. The van der Waals surface area contributed by atoms with Gasteiger partial charge in [-0.25, -0.2) is 4.84 Å². The van der Waals surface area contributed by atoms with Gasteiger partial charge in [0.2, 0.25) is 0 Å². The van der Waals surface area contributed by atoms with E-state index in [-0.39, 0.29) is 0 Å². The molecule has 0 unspecified atom stereocenters. The van der Waals surface area contributed by atoms with Crippen LogP contribution in [-0.2, 0) is 4.84 Å². The first-order valence-corrected chi connectivity index (χ1v) is 3.35. The summed E-state index contributed by atoms with van der Waals surface area (Å²) in [6, 6.07) is 3.25. The van der Waals surface area contributed by atoms with Gasteiger partial charge in [-0.2, -0.15) is 0 Å². The fraction of sp³-hybridized carbons (Fsp3) is 0.167. The maximum Gasteiger partial charge on any atom is 0.351 e. The third kappa shape index (κ3) is 1.62. The van der Waals surface area contributed by atoms with Crippen molar-refractivity contribution in [3.63, 3.8) is 0 Å². The zero-order chi connectivity index (χ0) is 8.27. The molecular weight excluding hydrogens is 164 g/mol. The molecule has 0 bridgehead atoms. The van der Waals surface area contributed by atoms with Crippen molar-refractivity contribution in [1.82, 2.24) is 4.98 Å². The second kappa shape index (κ2) is 3.25. The fourth-order valence-electron chi connectivity index (χ4n) is 0.655. The molecule has 1 heterocycles. The maximum atomic E-state index is 10.8. The Kier molecular flexibility index (Phi) is 2.32. The first kappa shape index (κ1) is 7.87. The van der Waals surface area contributed by atoms with E-state index < -0.39 is 0 Å². The molecule has 0 saturated carbocycles. The van der Waals surface area contributed by atoms with E-state index in [1.165, 1.54) is 7.11 Å². The van der Waals surface area contributed by atoms with Crippen molar-refractivity contribution in [3.05, 3.63) is 27.9 Å². The molecular formula is C6H7N2O2S+. The Hall–Kier alpha value is -1.23. The molecule has 1 N–H and O–H groups in total. The molecule has 0 atom stereocenters. The summed E-state index contributed by atoms with van der Waals surface area (Å²) < 4.78 is 0.365. The second-order valence-corrected chi connectivity index (χ2v) is 2.23. The number of rotatable bonds is 2. The van der Waals surface area contributed by atoms with Crippen LogP contribution in [-0.4, -0.2) is 17.0 Å². The second-order valence-electron chi connectivity index (χ2n) is 1.82. The number of nitrogens with one attached hydrogen (secondary N) is 1. The van der Waals surface area contributed by atoms with Crippen molar-refractivity contribution in [1.29, 1.82) is 0 Å². The Bertz CT molecular complexity index is 320. The molecule has 5 heteroatoms. The van der Waals surface area contributed by atoms with Gasteiger partial charge in [-0.3, -0.25) is 0 Å². The standard InChI is InChI=1S/C6H6N2O2S/c1-10-8(9)5-3-2-4-7-6(5)11/h2-4H,1H3/p+1. The summed E-state index contributed by atoms with van der Waals surface area (Å²) in [4.78, 5) is 18.3. The molecule has 0 aliphatic carbocycles. The Morgan fingerprint density at radius 2 is 2.45 bits per heavy atom. The topological polar surface area (TPSA) is 45.1 Å². The van der Waals surface area contributed by atoms with Gasteiger partial charge in [-0.15, -0.1) is 0 Å².